The molecule has 100 valence electrons. The average Bonchev–Trinajstić information content (AvgIpc) is 2.26. The van der Waals surface area contributed by atoms with Crippen LogP contribution in [0.2, 0.25) is 0 Å². The van der Waals surface area contributed by atoms with Gasteiger partial charge < -0.3 is 10.1 Å². The van der Waals surface area contributed by atoms with E-state index in [1.54, 1.807) is 7.11 Å². The molecular formula is C10H13NO6S. The van der Waals surface area contributed by atoms with E-state index in [0.717, 1.165) is 29.8 Å². The molecule has 1 heterocycles. The number of rotatable bonds is 1. The van der Waals surface area contributed by atoms with Gasteiger partial charge in [0.25, 0.3) is 5.91 Å². The van der Waals surface area contributed by atoms with Crippen molar-refractivity contribution in [1.29, 1.82) is 0 Å². The van der Waals surface area contributed by atoms with Gasteiger partial charge in [0.1, 0.15) is 5.75 Å². The molecule has 0 saturated heterocycles. The molecule has 1 aromatic carbocycles. The second-order valence-corrected chi connectivity index (χ2v) is 4.37. The lowest BCUT2D eigenvalue weighted by atomic mass is 10.0. The fraction of sp³-hybridized carbons (Fsp3) is 0.300. The molecule has 7 nitrogen and oxygen atoms in total. The molecule has 1 aliphatic heterocycles. The van der Waals surface area contributed by atoms with Gasteiger partial charge in [-0.15, -0.1) is 0 Å². The Balaban J connectivity index is 0.000000280. The molecule has 0 saturated carbocycles. The Morgan fingerprint density at radius 3 is 2.50 bits per heavy atom. The van der Waals surface area contributed by atoms with Crippen molar-refractivity contribution in [3.05, 3.63) is 29.3 Å². The summed E-state index contributed by atoms with van der Waals surface area (Å²) >= 11 is 0. The van der Waals surface area contributed by atoms with Gasteiger partial charge in [-0.25, -0.2) is 0 Å². The third kappa shape index (κ3) is 4.70. The molecule has 0 fully saturated rings. The zero-order chi connectivity index (χ0) is 13.8. The van der Waals surface area contributed by atoms with Crippen LogP contribution in [0, 0.1) is 0 Å². The minimum absolute atomic E-state index is 0.0175. The molecule has 0 atom stereocenters. The summed E-state index contributed by atoms with van der Waals surface area (Å²) in [5.74, 6) is 0.831. The van der Waals surface area contributed by atoms with Crippen LogP contribution in [0.5, 0.6) is 5.75 Å². The van der Waals surface area contributed by atoms with Crippen LogP contribution in [-0.2, 0) is 16.8 Å². The zero-order valence-electron chi connectivity index (χ0n) is 9.58. The number of hydrogen-bond acceptors (Lipinski definition) is 4. The number of ether oxygens (including phenoxy) is 1. The van der Waals surface area contributed by atoms with Crippen molar-refractivity contribution in [2.75, 3.05) is 13.7 Å². The number of carbonyl (C=O) groups is 1. The van der Waals surface area contributed by atoms with E-state index in [0.29, 0.717) is 0 Å². The second kappa shape index (κ2) is 5.80. The van der Waals surface area contributed by atoms with Crippen molar-refractivity contribution in [2.24, 2.45) is 0 Å². The quantitative estimate of drug-likeness (QED) is 0.636. The van der Waals surface area contributed by atoms with Gasteiger partial charge in [-0.2, -0.15) is 8.42 Å². The van der Waals surface area contributed by atoms with Gasteiger partial charge in [-0.05, 0) is 30.2 Å². The van der Waals surface area contributed by atoms with Crippen molar-refractivity contribution in [2.45, 2.75) is 6.42 Å². The fourth-order valence-corrected chi connectivity index (χ4v) is 1.53. The minimum Gasteiger partial charge on any atom is -0.497 e. The maximum absolute atomic E-state index is 11.3. The highest BCUT2D eigenvalue weighted by Crippen LogP contribution is 2.19. The van der Waals surface area contributed by atoms with Crippen molar-refractivity contribution in [3.8, 4) is 5.75 Å². The molecule has 18 heavy (non-hydrogen) atoms. The number of benzene rings is 1. The molecule has 1 aliphatic rings. The van der Waals surface area contributed by atoms with Crippen molar-refractivity contribution in [1.82, 2.24) is 5.32 Å². The molecule has 0 aliphatic carbocycles. The number of fused-ring (bicyclic) bond motifs is 1. The summed E-state index contributed by atoms with van der Waals surface area (Å²) in [5.41, 5.74) is 1.84. The van der Waals surface area contributed by atoms with Crippen LogP contribution in [0.3, 0.4) is 0 Å². The summed E-state index contributed by atoms with van der Waals surface area (Å²) in [6, 6.07) is 5.54. The maximum Gasteiger partial charge on any atom is 0.394 e. The van der Waals surface area contributed by atoms with Crippen LogP contribution < -0.4 is 10.1 Å². The minimum atomic E-state index is -4.67. The van der Waals surface area contributed by atoms with Gasteiger partial charge in [-0.3, -0.25) is 13.9 Å². The van der Waals surface area contributed by atoms with E-state index in [2.05, 4.69) is 5.32 Å². The molecule has 0 unspecified atom stereocenters. The van der Waals surface area contributed by atoms with Gasteiger partial charge in [0.15, 0.2) is 0 Å². The molecule has 3 N–H and O–H groups in total. The highest BCUT2D eigenvalue weighted by molar-refractivity contribution is 7.79. The third-order valence-corrected chi connectivity index (χ3v) is 2.24. The molecule has 0 bridgehead atoms. The molecule has 2 rings (SSSR count). The standard InChI is InChI=1S/C10H11NO2.H2O4S/c1-13-8-2-3-9-7(6-8)4-5-11-10(9)12;1-5(2,3)4/h2-3,6H,4-5H2,1H3,(H,11,12);(H2,1,2,3,4). The number of amides is 1. The summed E-state index contributed by atoms with van der Waals surface area (Å²) in [4.78, 5) is 11.3. The lowest BCUT2D eigenvalue weighted by Crippen LogP contribution is -2.31. The number of hydrogen-bond donors (Lipinski definition) is 3. The smallest absolute Gasteiger partial charge is 0.394 e. The van der Waals surface area contributed by atoms with E-state index in [-0.39, 0.29) is 5.91 Å². The van der Waals surface area contributed by atoms with Crippen LogP contribution in [0.15, 0.2) is 18.2 Å². The van der Waals surface area contributed by atoms with Crippen LogP contribution >= 0.6 is 0 Å². The van der Waals surface area contributed by atoms with Gasteiger partial charge >= 0.3 is 10.4 Å². The molecule has 8 heteroatoms. The Morgan fingerprint density at radius 2 is 1.94 bits per heavy atom. The van der Waals surface area contributed by atoms with Crippen molar-refractivity contribution < 1.29 is 27.1 Å². The van der Waals surface area contributed by atoms with Gasteiger partial charge in [0, 0.05) is 12.1 Å². The van der Waals surface area contributed by atoms with E-state index >= 15 is 0 Å². The number of methoxy groups -OCH3 is 1. The second-order valence-electron chi connectivity index (χ2n) is 3.48. The topological polar surface area (TPSA) is 113 Å². The maximum atomic E-state index is 11.3. The van der Waals surface area contributed by atoms with Crippen molar-refractivity contribution in [3.63, 3.8) is 0 Å². The summed E-state index contributed by atoms with van der Waals surface area (Å²) < 4.78 is 36.7. The Labute approximate surface area is 104 Å². The van der Waals surface area contributed by atoms with Crippen LogP contribution in [-0.4, -0.2) is 37.1 Å². The first-order valence-corrected chi connectivity index (χ1v) is 6.36. The van der Waals surface area contributed by atoms with Gasteiger partial charge in [0.2, 0.25) is 0 Å². The zero-order valence-corrected chi connectivity index (χ0v) is 10.4. The monoisotopic (exact) mass is 275 g/mol. The number of nitrogens with one attached hydrogen (secondary N) is 1. The molecule has 0 spiro atoms. The molecule has 0 aromatic heterocycles. The Kier molecular flexibility index (Phi) is 4.65. The Bertz CT molecular complexity index is 531. The van der Waals surface area contributed by atoms with E-state index in [1.807, 2.05) is 18.2 Å². The lowest BCUT2D eigenvalue weighted by molar-refractivity contribution is 0.0946. The van der Waals surface area contributed by atoms with Gasteiger partial charge in [0.05, 0.1) is 7.11 Å². The first-order chi connectivity index (χ1) is 8.31. The largest absolute Gasteiger partial charge is 0.497 e. The third-order valence-electron chi connectivity index (χ3n) is 2.24. The van der Waals surface area contributed by atoms with E-state index in [4.69, 9.17) is 22.3 Å². The van der Waals surface area contributed by atoms with Crippen LogP contribution in [0.1, 0.15) is 15.9 Å². The summed E-state index contributed by atoms with van der Waals surface area (Å²) in [7, 11) is -3.04. The molecule has 1 aromatic rings. The highest BCUT2D eigenvalue weighted by Gasteiger charge is 2.16. The van der Waals surface area contributed by atoms with E-state index in [9.17, 15) is 4.79 Å². The first kappa shape index (κ1) is 14.4. The molecule has 0 radical (unpaired) electrons. The van der Waals surface area contributed by atoms with Gasteiger partial charge in [-0.1, -0.05) is 0 Å². The molecule has 1 amide bonds. The van der Waals surface area contributed by atoms with E-state index < -0.39 is 10.4 Å². The van der Waals surface area contributed by atoms with Crippen molar-refractivity contribution >= 4 is 16.3 Å². The summed E-state index contributed by atoms with van der Waals surface area (Å²) in [6.45, 7) is 0.721. The van der Waals surface area contributed by atoms with E-state index in [1.165, 1.54) is 0 Å². The lowest BCUT2D eigenvalue weighted by Gasteiger charge is -2.16. The first-order valence-electron chi connectivity index (χ1n) is 4.96. The Morgan fingerprint density at radius 1 is 1.33 bits per heavy atom. The summed E-state index contributed by atoms with van der Waals surface area (Å²) in [6.07, 6.45) is 0.887. The Hall–Kier alpha value is -1.64. The fourth-order valence-electron chi connectivity index (χ4n) is 1.53. The average molecular weight is 275 g/mol. The van der Waals surface area contributed by atoms with Crippen LogP contribution in [0.4, 0.5) is 0 Å². The predicted octanol–water partition coefficient (Wildman–Crippen LogP) is 0.328. The van der Waals surface area contributed by atoms with Crippen LogP contribution in [0.25, 0.3) is 0 Å². The summed E-state index contributed by atoms with van der Waals surface area (Å²) in [5, 5.41) is 2.80. The highest BCUT2D eigenvalue weighted by atomic mass is 32.3. The normalized spacial score (nSPS) is 13.8. The molecular weight excluding hydrogens is 262 g/mol. The number of carbonyl (C=O) groups excluding carboxylic acids is 1. The SMILES string of the molecule is COc1ccc2c(c1)CCNC2=O.O=S(=O)(O)O. The predicted molar refractivity (Wildman–Crippen MR) is 63.2 cm³/mol.